The topological polar surface area (TPSA) is 51.1 Å². The van der Waals surface area contributed by atoms with Crippen molar-refractivity contribution in [3.8, 4) is 0 Å². The fourth-order valence-corrected chi connectivity index (χ4v) is 3.96. The standard InChI is InChI=1S/C18H20N4OS/c1-13-20-17(16-6-10-24-18(16)21-13)22(12-15-3-2-9-23-15)11-14-4-7-19-8-5-14/h4-8,10,15H,2-3,9,11-12H2,1H3/t15-/m0/s1. The molecular formula is C18H20N4OS. The number of hydrogen-bond donors (Lipinski definition) is 0. The van der Waals surface area contributed by atoms with Gasteiger partial charge in [-0.05, 0) is 48.9 Å². The molecule has 0 N–H and O–H groups in total. The van der Waals surface area contributed by atoms with E-state index in [1.165, 1.54) is 5.56 Å². The van der Waals surface area contributed by atoms with Crippen LogP contribution in [0.25, 0.3) is 10.2 Å². The molecule has 0 saturated carbocycles. The van der Waals surface area contributed by atoms with Crippen LogP contribution in [0.5, 0.6) is 0 Å². The molecule has 1 aliphatic heterocycles. The SMILES string of the molecule is Cc1nc(N(Cc2ccncc2)C[C@@H]2CCCO2)c2ccsc2n1. The number of pyridine rings is 1. The molecule has 5 nitrogen and oxygen atoms in total. The van der Waals surface area contributed by atoms with Gasteiger partial charge in [0, 0.05) is 32.1 Å². The van der Waals surface area contributed by atoms with Gasteiger partial charge < -0.3 is 9.64 Å². The minimum Gasteiger partial charge on any atom is -0.376 e. The summed E-state index contributed by atoms with van der Waals surface area (Å²) in [6.45, 7) is 4.47. The van der Waals surface area contributed by atoms with Gasteiger partial charge in [0.15, 0.2) is 0 Å². The van der Waals surface area contributed by atoms with Gasteiger partial charge in [0.2, 0.25) is 0 Å². The highest BCUT2D eigenvalue weighted by Crippen LogP contribution is 2.30. The maximum Gasteiger partial charge on any atom is 0.141 e. The molecule has 3 aromatic heterocycles. The molecule has 0 bridgehead atoms. The lowest BCUT2D eigenvalue weighted by atomic mass is 10.2. The maximum atomic E-state index is 5.87. The van der Waals surface area contributed by atoms with E-state index in [4.69, 9.17) is 9.72 Å². The van der Waals surface area contributed by atoms with Crippen LogP contribution in [0.2, 0.25) is 0 Å². The zero-order valence-corrected chi connectivity index (χ0v) is 14.5. The molecule has 1 saturated heterocycles. The Kier molecular flexibility index (Phi) is 4.40. The number of rotatable bonds is 5. The van der Waals surface area contributed by atoms with E-state index in [9.17, 15) is 0 Å². The molecule has 6 heteroatoms. The van der Waals surface area contributed by atoms with Crippen LogP contribution in [0.15, 0.2) is 36.0 Å². The van der Waals surface area contributed by atoms with Crippen molar-refractivity contribution >= 4 is 27.4 Å². The first kappa shape index (κ1) is 15.5. The number of fused-ring (bicyclic) bond motifs is 1. The second-order valence-electron chi connectivity index (χ2n) is 6.10. The molecule has 1 atom stereocenters. The highest BCUT2D eigenvalue weighted by atomic mass is 32.1. The number of aromatic nitrogens is 3. The Morgan fingerprint density at radius 1 is 1.25 bits per heavy atom. The van der Waals surface area contributed by atoms with Gasteiger partial charge in [-0.3, -0.25) is 4.98 Å². The van der Waals surface area contributed by atoms with Crippen LogP contribution in [0.3, 0.4) is 0 Å². The van der Waals surface area contributed by atoms with E-state index in [1.807, 2.05) is 19.3 Å². The van der Waals surface area contributed by atoms with Crippen LogP contribution in [0, 0.1) is 6.92 Å². The predicted molar refractivity (Wildman–Crippen MR) is 96.4 cm³/mol. The molecule has 0 radical (unpaired) electrons. The summed E-state index contributed by atoms with van der Waals surface area (Å²) in [5.41, 5.74) is 1.22. The van der Waals surface area contributed by atoms with E-state index in [0.29, 0.717) is 0 Å². The molecule has 4 heterocycles. The Morgan fingerprint density at radius 2 is 2.12 bits per heavy atom. The third kappa shape index (κ3) is 3.25. The normalized spacial score (nSPS) is 17.5. The van der Waals surface area contributed by atoms with E-state index in [1.54, 1.807) is 11.3 Å². The van der Waals surface area contributed by atoms with Crippen molar-refractivity contribution in [2.24, 2.45) is 0 Å². The minimum absolute atomic E-state index is 0.274. The summed E-state index contributed by atoms with van der Waals surface area (Å²) in [5, 5.41) is 3.21. The van der Waals surface area contributed by atoms with Gasteiger partial charge in [0.25, 0.3) is 0 Å². The largest absolute Gasteiger partial charge is 0.376 e. The minimum atomic E-state index is 0.274. The predicted octanol–water partition coefficient (Wildman–Crippen LogP) is 3.58. The van der Waals surface area contributed by atoms with Crippen LogP contribution in [0.1, 0.15) is 24.2 Å². The first-order valence-corrected chi connectivity index (χ1v) is 9.15. The number of hydrogen-bond acceptors (Lipinski definition) is 6. The van der Waals surface area contributed by atoms with Crippen molar-refractivity contribution in [1.82, 2.24) is 15.0 Å². The quantitative estimate of drug-likeness (QED) is 0.710. The summed E-state index contributed by atoms with van der Waals surface area (Å²) in [5.74, 6) is 1.82. The van der Waals surface area contributed by atoms with Gasteiger partial charge in [-0.2, -0.15) is 0 Å². The third-order valence-corrected chi connectivity index (χ3v) is 5.09. The number of nitrogens with zero attached hydrogens (tertiary/aromatic N) is 4. The van der Waals surface area contributed by atoms with Crippen LogP contribution in [0.4, 0.5) is 5.82 Å². The third-order valence-electron chi connectivity index (χ3n) is 4.29. The van der Waals surface area contributed by atoms with Gasteiger partial charge in [0.1, 0.15) is 16.5 Å². The number of anilines is 1. The lowest BCUT2D eigenvalue weighted by molar-refractivity contribution is 0.115. The first-order valence-electron chi connectivity index (χ1n) is 8.27. The number of ether oxygens (including phenoxy) is 1. The average Bonchev–Trinajstić information content (AvgIpc) is 3.26. The van der Waals surface area contributed by atoms with Crippen molar-refractivity contribution < 1.29 is 4.74 Å². The molecule has 4 rings (SSSR count). The fraction of sp³-hybridized carbons (Fsp3) is 0.389. The van der Waals surface area contributed by atoms with Crippen molar-refractivity contribution in [3.63, 3.8) is 0 Å². The van der Waals surface area contributed by atoms with Crippen molar-refractivity contribution in [3.05, 3.63) is 47.4 Å². The number of thiophene rings is 1. The highest BCUT2D eigenvalue weighted by Gasteiger charge is 2.22. The molecular weight excluding hydrogens is 320 g/mol. The van der Waals surface area contributed by atoms with Crippen molar-refractivity contribution in [2.75, 3.05) is 18.1 Å². The Bertz CT molecular complexity index is 814. The maximum absolute atomic E-state index is 5.87. The molecule has 0 amide bonds. The van der Waals surface area contributed by atoms with E-state index in [0.717, 1.165) is 54.4 Å². The van der Waals surface area contributed by atoms with E-state index in [-0.39, 0.29) is 6.10 Å². The summed E-state index contributed by atoms with van der Waals surface area (Å²) in [4.78, 5) is 16.8. The van der Waals surface area contributed by atoms with Gasteiger partial charge in [-0.1, -0.05) is 0 Å². The molecule has 1 fully saturated rings. The van der Waals surface area contributed by atoms with E-state index < -0.39 is 0 Å². The first-order chi connectivity index (χ1) is 11.8. The van der Waals surface area contributed by atoms with Gasteiger partial charge >= 0.3 is 0 Å². The molecule has 0 unspecified atom stereocenters. The zero-order chi connectivity index (χ0) is 16.4. The lowest BCUT2D eigenvalue weighted by Crippen LogP contribution is -2.32. The highest BCUT2D eigenvalue weighted by molar-refractivity contribution is 7.16. The van der Waals surface area contributed by atoms with Gasteiger partial charge in [0.05, 0.1) is 11.5 Å². The summed E-state index contributed by atoms with van der Waals surface area (Å²) >= 11 is 1.66. The van der Waals surface area contributed by atoms with Crippen LogP contribution >= 0.6 is 11.3 Å². The van der Waals surface area contributed by atoms with Gasteiger partial charge in [-0.15, -0.1) is 11.3 Å². The molecule has 0 spiro atoms. The average molecular weight is 340 g/mol. The molecule has 124 valence electrons. The Labute approximate surface area is 145 Å². The van der Waals surface area contributed by atoms with Crippen LogP contribution < -0.4 is 4.90 Å². The Balaban J connectivity index is 1.71. The summed E-state index contributed by atoms with van der Waals surface area (Å²) in [6.07, 6.45) is 6.21. The van der Waals surface area contributed by atoms with Crippen LogP contribution in [-0.2, 0) is 11.3 Å². The molecule has 24 heavy (non-hydrogen) atoms. The van der Waals surface area contributed by atoms with Crippen molar-refractivity contribution in [1.29, 1.82) is 0 Å². The molecule has 3 aromatic rings. The molecule has 1 aliphatic rings. The second kappa shape index (κ2) is 6.83. The van der Waals surface area contributed by atoms with Gasteiger partial charge in [-0.25, -0.2) is 9.97 Å². The summed E-state index contributed by atoms with van der Waals surface area (Å²) in [7, 11) is 0. The smallest absolute Gasteiger partial charge is 0.141 e. The Hall–Kier alpha value is -2.05. The van der Waals surface area contributed by atoms with Crippen LogP contribution in [-0.4, -0.2) is 34.2 Å². The Morgan fingerprint density at radius 3 is 2.92 bits per heavy atom. The second-order valence-corrected chi connectivity index (χ2v) is 7.00. The van der Waals surface area contributed by atoms with Crippen molar-refractivity contribution in [2.45, 2.75) is 32.4 Å². The molecule has 0 aromatic carbocycles. The fourth-order valence-electron chi connectivity index (χ4n) is 3.15. The number of aryl methyl sites for hydroxylation is 1. The molecule has 0 aliphatic carbocycles. The summed E-state index contributed by atoms with van der Waals surface area (Å²) < 4.78 is 5.87. The summed E-state index contributed by atoms with van der Waals surface area (Å²) in [6, 6.07) is 6.23. The van der Waals surface area contributed by atoms with E-state index in [2.05, 4.69) is 38.4 Å². The lowest BCUT2D eigenvalue weighted by Gasteiger charge is -2.27. The zero-order valence-electron chi connectivity index (χ0n) is 13.7. The monoisotopic (exact) mass is 340 g/mol. The van der Waals surface area contributed by atoms with E-state index >= 15 is 0 Å².